The Balaban J connectivity index is 1.88. The lowest BCUT2D eigenvalue weighted by Crippen LogP contribution is -2.23. The van der Waals surface area contributed by atoms with Gasteiger partial charge in [-0.05, 0) is 59.8 Å². The number of terminal acetylenes is 1. The minimum atomic E-state index is -1.02. The number of aliphatic imine (C=N–C) groups is 1. The first-order valence-corrected chi connectivity index (χ1v) is 10.1. The fraction of sp³-hybridized carbons (Fsp3) is 0.136. The van der Waals surface area contributed by atoms with E-state index in [1.165, 1.54) is 35.9 Å². The van der Waals surface area contributed by atoms with Gasteiger partial charge in [-0.2, -0.15) is 0 Å². The van der Waals surface area contributed by atoms with E-state index in [0.717, 1.165) is 0 Å². The zero-order valence-electron chi connectivity index (χ0n) is 16.6. The van der Waals surface area contributed by atoms with Gasteiger partial charge in [0.1, 0.15) is 6.61 Å². The van der Waals surface area contributed by atoms with Crippen LogP contribution in [0.4, 0.5) is 5.69 Å². The molecule has 0 bridgehead atoms. The third-order valence-corrected chi connectivity index (χ3v) is 5.53. The number of rotatable bonds is 6. The summed E-state index contributed by atoms with van der Waals surface area (Å²) in [5.41, 5.74) is 1.34. The van der Waals surface area contributed by atoms with Gasteiger partial charge in [0.25, 0.3) is 5.91 Å². The maximum absolute atomic E-state index is 12.7. The first-order valence-electron chi connectivity index (χ1n) is 8.87. The van der Waals surface area contributed by atoms with Gasteiger partial charge < -0.3 is 14.6 Å². The topological polar surface area (TPSA) is 88.4 Å². The number of aromatic carboxylic acids is 1. The molecule has 0 aromatic heterocycles. The van der Waals surface area contributed by atoms with Crippen LogP contribution in [0.5, 0.6) is 11.5 Å². The zero-order valence-corrected chi connectivity index (χ0v) is 18.2. The Morgan fingerprint density at radius 2 is 2.06 bits per heavy atom. The molecule has 1 N–H and O–H groups in total. The van der Waals surface area contributed by atoms with Crippen molar-refractivity contribution in [2.45, 2.75) is 0 Å². The number of hydrogen-bond acceptors (Lipinski definition) is 6. The Labute approximate surface area is 188 Å². The summed E-state index contributed by atoms with van der Waals surface area (Å²) in [6, 6.07) is 9.41. The van der Waals surface area contributed by atoms with Gasteiger partial charge in [-0.3, -0.25) is 9.69 Å². The van der Waals surface area contributed by atoms with Gasteiger partial charge in [-0.25, -0.2) is 9.79 Å². The summed E-state index contributed by atoms with van der Waals surface area (Å²) in [7, 11) is 3.10. The molecule has 2 aromatic rings. The van der Waals surface area contributed by atoms with E-state index in [1.807, 2.05) is 0 Å². The highest BCUT2D eigenvalue weighted by Crippen LogP contribution is 2.39. The summed E-state index contributed by atoms with van der Waals surface area (Å²) in [4.78, 5) is 30.0. The van der Waals surface area contributed by atoms with E-state index in [2.05, 4.69) is 10.9 Å². The number of halogens is 1. The number of carboxylic acids is 1. The highest BCUT2D eigenvalue weighted by atomic mass is 35.5. The molecular weight excluding hydrogens is 440 g/mol. The number of benzene rings is 2. The molecule has 1 amide bonds. The van der Waals surface area contributed by atoms with E-state index < -0.39 is 5.97 Å². The fourth-order valence-corrected chi connectivity index (χ4v) is 3.93. The van der Waals surface area contributed by atoms with Crippen LogP contribution in [0, 0.1) is 12.3 Å². The number of likely N-dealkylation sites (N-methyl/N-ethyl adjacent to an activating group) is 1. The standard InChI is InChI=1S/C22H17ClN2O5S/c1-4-9-30-19-16(23)10-13(11-17(19)29-3)12-18-20(26)25(2)22(31-18)24-15-7-5-14(6-8-15)21(27)28/h1,5-8,10-12H,9H2,2-3H3,(H,27,28). The smallest absolute Gasteiger partial charge is 0.335 e. The van der Waals surface area contributed by atoms with Crippen molar-refractivity contribution in [1.29, 1.82) is 0 Å². The normalized spacial score (nSPS) is 15.9. The fourth-order valence-electron chi connectivity index (χ4n) is 2.67. The van der Waals surface area contributed by atoms with Crippen molar-refractivity contribution in [1.82, 2.24) is 4.90 Å². The van der Waals surface area contributed by atoms with Crippen molar-refractivity contribution >= 4 is 52.2 Å². The molecule has 0 spiro atoms. The van der Waals surface area contributed by atoms with E-state index >= 15 is 0 Å². The zero-order chi connectivity index (χ0) is 22.5. The van der Waals surface area contributed by atoms with Crippen molar-refractivity contribution in [3.63, 3.8) is 0 Å². The predicted octanol–water partition coefficient (Wildman–Crippen LogP) is 4.29. The molecule has 0 unspecified atom stereocenters. The average Bonchev–Trinajstić information content (AvgIpc) is 3.00. The number of carbonyl (C=O) groups excluding carboxylic acids is 1. The molecule has 9 heteroatoms. The van der Waals surface area contributed by atoms with Gasteiger partial charge in [-0.15, -0.1) is 6.42 Å². The number of hydrogen-bond donors (Lipinski definition) is 1. The molecule has 2 aromatic carbocycles. The molecule has 1 fully saturated rings. The predicted molar refractivity (Wildman–Crippen MR) is 121 cm³/mol. The Bertz CT molecular complexity index is 1140. The lowest BCUT2D eigenvalue weighted by Gasteiger charge is -2.11. The summed E-state index contributed by atoms with van der Waals surface area (Å²) >= 11 is 7.49. The summed E-state index contributed by atoms with van der Waals surface area (Å²) in [5, 5.41) is 9.76. The maximum atomic E-state index is 12.7. The summed E-state index contributed by atoms with van der Waals surface area (Å²) in [6.07, 6.45) is 6.90. The molecule has 1 aliphatic heterocycles. The van der Waals surface area contributed by atoms with Gasteiger partial charge in [-0.1, -0.05) is 17.5 Å². The minimum absolute atomic E-state index is 0.0446. The number of nitrogens with zero attached hydrogens (tertiary/aromatic N) is 2. The quantitative estimate of drug-likeness (QED) is 0.515. The molecule has 31 heavy (non-hydrogen) atoms. The first kappa shape index (κ1) is 22.3. The van der Waals surface area contributed by atoms with E-state index in [-0.39, 0.29) is 18.1 Å². The molecule has 0 radical (unpaired) electrons. The van der Waals surface area contributed by atoms with E-state index in [9.17, 15) is 9.59 Å². The molecule has 1 aliphatic rings. The van der Waals surface area contributed by atoms with Crippen molar-refractivity contribution in [2.75, 3.05) is 20.8 Å². The second kappa shape index (κ2) is 9.60. The number of carbonyl (C=O) groups is 2. The molecule has 0 aliphatic carbocycles. The van der Waals surface area contributed by atoms with Gasteiger partial charge in [0.05, 0.1) is 28.3 Å². The van der Waals surface area contributed by atoms with Gasteiger partial charge in [0, 0.05) is 7.05 Å². The third kappa shape index (κ3) is 5.02. The lowest BCUT2D eigenvalue weighted by molar-refractivity contribution is -0.121. The van der Waals surface area contributed by atoms with Crippen molar-refractivity contribution in [3.8, 4) is 23.8 Å². The maximum Gasteiger partial charge on any atom is 0.335 e. The minimum Gasteiger partial charge on any atom is -0.493 e. The summed E-state index contributed by atoms with van der Waals surface area (Å²) < 4.78 is 10.8. The molecule has 0 saturated carbocycles. The van der Waals surface area contributed by atoms with Crippen LogP contribution in [0.1, 0.15) is 15.9 Å². The number of amidine groups is 1. The van der Waals surface area contributed by atoms with Crippen molar-refractivity contribution in [3.05, 3.63) is 57.5 Å². The van der Waals surface area contributed by atoms with Crippen molar-refractivity contribution < 1.29 is 24.2 Å². The second-order valence-corrected chi connectivity index (χ2v) is 7.66. The van der Waals surface area contributed by atoms with Crippen LogP contribution in [0.3, 0.4) is 0 Å². The number of carboxylic acid groups (broad SMARTS) is 1. The Morgan fingerprint density at radius 3 is 2.68 bits per heavy atom. The highest BCUT2D eigenvalue weighted by molar-refractivity contribution is 8.18. The molecule has 1 saturated heterocycles. The number of thioether (sulfide) groups is 1. The first-order chi connectivity index (χ1) is 14.8. The lowest BCUT2D eigenvalue weighted by atomic mass is 10.2. The van der Waals surface area contributed by atoms with Crippen LogP contribution in [0.2, 0.25) is 5.02 Å². The Kier molecular flexibility index (Phi) is 6.90. The van der Waals surface area contributed by atoms with Crippen LogP contribution in [-0.2, 0) is 4.79 Å². The van der Waals surface area contributed by atoms with E-state index in [4.69, 9.17) is 32.6 Å². The van der Waals surface area contributed by atoms with E-state index in [1.54, 1.807) is 37.4 Å². The van der Waals surface area contributed by atoms with Gasteiger partial charge in [0.15, 0.2) is 16.7 Å². The molecule has 7 nitrogen and oxygen atoms in total. The van der Waals surface area contributed by atoms with E-state index in [0.29, 0.717) is 37.8 Å². The monoisotopic (exact) mass is 456 g/mol. The second-order valence-electron chi connectivity index (χ2n) is 6.25. The number of ether oxygens (including phenoxy) is 2. The third-order valence-electron chi connectivity index (χ3n) is 4.19. The largest absolute Gasteiger partial charge is 0.493 e. The van der Waals surface area contributed by atoms with Crippen LogP contribution in [0.15, 0.2) is 46.3 Å². The van der Waals surface area contributed by atoms with Crippen LogP contribution in [0.25, 0.3) is 6.08 Å². The van der Waals surface area contributed by atoms with Crippen LogP contribution >= 0.6 is 23.4 Å². The van der Waals surface area contributed by atoms with Crippen LogP contribution < -0.4 is 9.47 Å². The molecule has 158 valence electrons. The molecule has 1 heterocycles. The van der Waals surface area contributed by atoms with Gasteiger partial charge in [0.2, 0.25) is 0 Å². The average molecular weight is 457 g/mol. The molecule has 0 atom stereocenters. The highest BCUT2D eigenvalue weighted by Gasteiger charge is 2.30. The summed E-state index contributed by atoms with van der Waals surface area (Å²) in [6.45, 7) is 0.0446. The Hall–Kier alpha value is -3.41. The Morgan fingerprint density at radius 1 is 1.35 bits per heavy atom. The SMILES string of the molecule is C#CCOc1c(Cl)cc(C=C2SC(=Nc3ccc(C(=O)O)cc3)N(C)C2=O)cc1OC. The number of amides is 1. The van der Waals surface area contributed by atoms with Gasteiger partial charge >= 0.3 is 5.97 Å². The summed E-state index contributed by atoms with van der Waals surface area (Å²) in [5.74, 6) is 1.85. The molecule has 3 rings (SSSR count). The number of methoxy groups -OCH3 is 1. The van der Waals surface area contributed by atoms with Crippen molar-refractivity contribution in [2.24, 2.45) is 4.99 Å². The molecular formula is C22H17ClN2O5S. The van der Waals surface area contributed by atoms with Crippen LogP contribution in [-0.4, -0.2) is 47.8 Å².